The minimum Gasteiger partial charge on any atom is -0.478 e. The summed E-state index contributed by atoms with van der Waals surface area (Å²) in [4.78, 5) is 11.1. The van der Waals surface area contributed by atoms with E-state index >= 15 is 0 Å². The van der Waals surface area contributed by atoms with Gasteiger partial charge in [-0.25, -0.2) is 4.79 Å². The highest BCUT2D eigenvalue weighted by Crippen LogP contribution is 2.37. The fourth-order valence-electron chi connectivity index (χ4n) is 2.44. The number of carboxylic acid groups (broad SMARTS) is 1. The van der Waals surface area contributed by atoms with Gasteiger partial charge in [0.05, 0.1) is 28.1 Å². The quantitative estimate of drug-likeness (QED) is 0.415. The van der Waals surface area contributed by atoms with Crippen LogP contribution in [0.1, 0.15) is 21.7 Å². The number of carboxylic acids is 1. The number of halogens is 4. The number of nitrogens with zero attached hydrogens (tertiary/aromatic N) is 1. The summed E-state index contributed by atoms with van der Waals surface area (Å²) in [6.45, 7) is 0. The molecule has 3 aromatic rings. The highest BCUT2D eigenvalue weighted by molar-refractivity contribution is 6.33. The molecule has 1 aromatic heterocycles. The Kier molecular flexibility index (Phi) is 5.41. The largest absolute Gasteiger partial charge is 0.478 e. The number of aromatic carboxylic acids is 1. The van der Waals surface area contributed by atoms with E-state index in [1.165, 1.54) is 54.7 Å². The summed E-state index contributed by atoms with van der Waals surface area (Å²) in [6.07, 6.45) is -3.25. The molecule has 0 aliphatic heterocycles. The van der Waals surface area contributed by atoms with Crippen molar-refractivity contribution < 1.29 is 27.5 Å². The Morgan fingerprint density at radius 2 is 1.89 bits per heavy atom. The molecule has 0 bridgehead atoms. The molecule has 2 aromatic carbocycles. The molecule has 0 unspecified atom stereocenters. The predicted octanol–water partition coefficient (Wildman–Crippen LogP) is 5.76. The maximum Gasteiger partial charge on any atom is 0.417 e. The monoisotopic (exact) mass is 408 g/mol. The first-order valence-corrected chi connectivity index (χ1v) is 8.22. The van der Waals surface area contributed by atoms with E-state index in [9.17, 15) is 18.0 Å². The van der Waals surface area contributed by atoms with Crippen LogP contribution in [0, 0.1) is 0 Å². The number of furan rings is 1. The molecular formula is C19H12ClF3N2O3. The number of rotatable bonds is 5. The third-order valence-electron chi connectivity index (χ3n) is 3.71. The van der Waals surface area contributed by atoms with Crippen LogP contribution in [0.3, 0.4) is 0 Å². The second-order valence-electron chi connectivity index (χ2n) is 5.62. The number of hydrazone groups is 1. The van der Waals surface area contributed by atoms with E-state index < -0.39 is 17.7 Å². The smallest absolute Gasteiger partial charge is 0.417 e. The Morgan fingerprint density at radius 1 is 1.14 bits per heavy atom. The number of hydrogen-bond donors (Lipinski definition) is 2. The van der Waals surface area contributed by atoms with Gasteiger partial charge in [-0.2, -0.15) is 18.3 Å². The summed E-state index contributed by atoms with van der Waals surface area (Å²) in [5.41, 5.74) is 2.01. The van der Waals surface area contributed by atoms with Crippen molar-refractivity contribution in [2.24, 2.45) is 5.10 Å². The van der Waals surface area contributed by atoms with Gasteiger partial charge in [-0.05, 0) is 36.4 Å². The Bertz CT molecular complexity index is 1040. The molecule has 0 saturated heterocycles. The van der Waals surface area contributed by atoms with E-state index in [1.54, 1.807) is 0 Å². The molecule has 5 nitrogen and oxygen atoms in total. The molecule has 1 heterocycles. The van der Waals surface area contributed by atoms with Gasteiger partial charge in [-0.15, -0.1) is 0 Å². The molecular weight excluding hydrogens is 397 g/mol. The second-order valence-corrected chi connectivity index (χ2v) is 6.02. The number of benzene rings is 2. The number of anilines is 1. The molecule has 0 saturated carbocycles. The molecule has 0 atom stereocenters. The lowest BCUT2D eigenvalue weighted by Gasteiger charge is -2.10. The zero-order chi connectivity index (χ0) is 20.3. The van der Waals surface area contributed by atoms with Crippen LogP contribution in [0.15, 0.2) is 64.1 Å². The van der Waals surface area contributed by atoms with Gasteiger partial charge in [0.1, 0.15) is 11.5 Å². The van der Waals surface area contributed by atoms with Crippen LogP contribution >= 0.6 is 11.6 Å². The average Bonchev–Trinajstić information content (AvgIpc) is 3.11. The summed E-state index contributed by atoms with van der Waals surface area (Å²) in [6, 6.07) is 12.2. The third-order valence-corrected chi connectivity index (χ3v) is 4.04. The number of carbonyl (C=O) groups is 1. The molecule has 3 rings (SSSR count). The van der Waals surface area contributed by atoms with Gasteiger partial charge in [0.2, 0.25) is 0 Å². The van der Waals surface area contributed by atoms with Crippen molar-refractivity contribution in [2.75, 3.05) is 5.43 Å². The lowest BCUT2D eigenvalue weighted by molar-refractivity contribution is -0.137. The van der Waals surface area contributed by atoms with Gasteiger partial charge in [0.25, 0.3) is 0 Å². The number of nitrogens with one attached hydrogen (secondary N) is 1. The first-order chi connectivity index (χ1) is 13.3. The Morgan fingerprint density at radius 3 is 2.61 bits per heavy atom. The molecule has 9 heteroatoms. The van der Waals surface area contributed by atoms with Crippen molar-refractivity contribution in [1.29, 1.82) is 0 Å². The zero-order valence-corrected chi connectivity index (χ0v) is 14.8. The van der Waals surface area contributed by atoms with E-state index in [0.29, 0.717) is 5.69 Å². The Hall–Kier alpha value is -3.26. The van der Waals surface area contributed by atoms with Crippen LogP contribution in [0.2, 0.25) is 5.02 Å². The third kappa shape index (κ3) is 4.34. The van der Waals surface area contributed by atoms with E-state index in [2.05, 4.69) is 10.5 Å². The van der Waals surface area contributed by atoms with Crippen LogP contribution in [-0.2, 0) is 6.18 Å². The second kappa shape index (κ2) is 7.77. The van der Waals surface area contributed by atoms with Crippen LogP contribution in [0.4, 0.5) is 18.9 Å². The van der Waals surface area contributed by atoms with Crippen LogP contribution < -0.4 is 5.43 Å². The van der Waals surface area contributed by atoms with Crippen LogP contribution in [0.5, 0.6) is 0 Å². The maximum atomic E-state index is 13.1. The SMILES string of the molecule is O=C(O)c1cc(N/N=C\c2ccc(-c3ccccc3C(F)(F)F)o2)ccc1Cl. The van der Waals surface area contributed by atoms with Crippen molar-refractivity contribution in [3.63, 3.8) is 0 Å². The van der Waals surface area contributed by atoms with E-state index in [0.717, 1.165) is 6.07 Å². The van der Waals surface area contributed by atoms with Gasteiger partial charge >= 0.3 is 12.1 Å². The van der Waals surface area contributed by atoms with E-state index in [-0.39, 0.29) is 27.7 Å². The van der Waals surface area contributed by atoms with Crippen molar-refractivity contribution in [3.05, 3.63) is 76.5 Å². The maximum absolute atomic E-state index is 13.1. The molecule has 0 amide bonds. The van der Waals surface area contributed by atoms with Gasteiger partial charge in [0.15, 0.2) is 0 Å². The Labute approximate surface area is 162 Å². The Balaban J connectivity index is 1.78. The molecule has 2 N–H and O–H groups in total. The highest BCUT2D eigenvalue weighted by atomic mass is 35.5. The fourth-order valence-corrected chi connectivity index (χ4v) is 2.64. The van der Waals surface area contributed by atoms with Crippen molar-refractivity contribution in [1.82, 2.24) is 0 Å². The molecule has 0 aliphatic rings. The fraction of sp³-hybridized carbons (Fsp3) is 0.0526. The van der Waals surface area contributed by atoms with E-state index in [1.807, 2.05) is 0 Å². The predicted molar refractivity (Wildman–Crippen MR) is 98.8 cm³/mol. The summed E-state index contributed by atoms with van der Waals surface area (Å²) in [5.74, 6) is -0.919. The summed E-state index contributed by atoms with van der Waals surface area (Å²) < 4.78 is 44.8. The standard InChI is InChI=1S/C19H12ClF3N2O3/c20-16-7-5-11(9-14(16)18(26)27)25-24-10-12-6-8-17(28-12)13-3-1-2-4-15(13)19(21,22)23/h1-10,25H,(H,26,27)/b24-10-. The average molecular weight is 409 g/mol. The van der Waals surface area contributed by atoms with Crippen molar-refractivity contribution in [3.8, 4) is 11.3 Å². The minimum atomic E-state index is -4.50. The van der Waals surface area contributed by atoms with Gasteiger partial charge in [-0.3, -0.25) is 5.43 Å². The van der Waals surface area contributed by atoms with Crippen LogP contribution in [-0.4, -0.2) is 17.3 Å². The summed E-state index contributed by atoms with van der Waals surface area (Å²) in [5, 5.41) is 13.0. The lowest BCUT2D eigenvalue weighted by atomic mass is 10.1. The molecule has 0 fully saturated rings. The van der Waals surface area contributed by atoms with Crippen molar-refractivity contribution in [2.45, 2.75) is 6.18 Å². The van der Waals surface area contributed by atoms with E-state index in [4.69, 9.17) is 21.1 Å². The summed E-state index contributed by atoms with van der Waals surface area (Å²) in [7, 11) is 0. The normalized spacial score (nSPS) is 11.7. The number of alkyl halides is 3. The zero-order valence-electron chi connectivity index (χ0n) is 14.0. The number of hydrogen-bond acceptors (Lipinski definition) is 4. The first-order valence-electron chi connectivity index (χ1n) is 7.84. The lowest BCUT2D eigenvalue weighted by Crippen LogP contribution is -2.06. The molecule has 28 heavy (non-hydrogen) atoms. The van der Waals surface area contributed by atoms with Gasteiger partial charge in [0, 0.05) is 5.56 Å². The molecule has 144 valence electrons. The topological polar surface area (TPSA) is 74.8 Å². The van der Waals surface area contributed by atoms with Gasteiger partial charge < -0.3 is 9.52 Å². The molecule has 0 aliphatic carbocycles. The molecule has 0 radical (unpaired) electrons. The first kappa shape index (κ1) is 19.5. The molecule has 0 spiro atoms. The van der Waals surface area contributed by atoms with Crippen molar-refractivity contribution >= 4 is 29.5 Å². The minimum absolute atomic E-state index is 0.0500. The highest BCUT2D eigenvalue weighted by Gasteiger charge is 2.34. The van der Waals surface area contributed by atoms with Gasteiger partial charge in [-0.1, -0.05) is 29.8 Å². The van der Waals surface area contributed by atoms with Crippen LogP contribution in [0.25, 0.3) is 11.3 Å². The summed E-state index contributed by atoms with van der Waals surface area (Å²) >= 11 is 5.78.